The molecule has 7 heteroatoms. The molecule has 1 aliphatic rings. The number of hydrogen-bond donors (Lipinski definition) is 2. The molecule has 0 spiro atoms. The Kier molecular flexibility index (Phi) is 5.90. The van der Waals surface area contributed by atoms with Crippen LogP contribution in [0.4, 0.5) is 23.0 Å². The SMILES string of the molecule is CC(=O)Nc1ccc(-c2ccnc(Nc3ccc(N4CCOCC4)cc3C)n2)cc1. The van der Waals surface area contributed by atoms with Crippen molar-refractivity contribution >= 4 is 28.9 Å². The third-order valence-corrected chi connectivity index (χ3v) is 4.99. The van der Waals surface area contributed by atoms with Gasteiger partial charge in [0.25, 0.3) is 0 Å². The molecule has 30 heavy (non-hydrogen) atoms. The van der Waals surface area contributed by atoms with Crippen molar-refractivity contribution < 1.29 is 9.53 Å². The Labute approximate surface area is 176 Å². The molecule has 1 amide bonds. The number of hydrogen-bond acceptors (Lipinski definition) is 6. The van der Waals surface area contributed by atoms with Gasteiger partial charge in [0, 0.05) is 48.8 Å². The van der Waals surface area contributed by atoms with Gasteiger partial charge in [-0.1, -0.05) is 12.1 Å². The second-order valence-electron chi connectivity index (χ2n) is 7.25. The van der Waals surface area contributed by atoms with Gasteiger partial charge in [-0.3, -0.25) is 4.79 Å². The summed E-state index contributed by atoms with van der Waals surface area (Å²) in [6.07, 6.45) is 1.74. The number of ether oxygens (including phenoxy) is 1. The molecule has 2 N–H and O–H groups in total. The van der Waals surface area contributed by atoms with Crippen LogP contribution in [-0.4, -0.2) is 42.2 Å². The fourth-order valence-electron chi connectivity index (χ4n) is 3.43. The van der Waals surface area contributed by atoms with Crippen LogP contribution in [0.1, 0.15) is 12.5 Å². The third kappa shape index (κ3) is 4.75. The van der Waals surface area contributed by atoms with Crippen LogP contribution in [0.2, 0.25) is 0 Å². The van der Waals surface area contributed by atoms with Crippen molar-refractivity contribution in [3.8, 4) is 11.3 Å². The predicted molar refractivity (Wildman–Crippen MR) is 119 cm³/mol. The molecule has 2 heterocycles. The van der Waals surface area contributed by atoms with Gasteiger partial charge < -0.3 is 20.3 Å². The minimum absolute atomic E-state index is 0.0914. The third-order valence-electron chi connectivity index (χ3n) is 4.99. The van der Waals surface area contributed by atoms with Gasteiger partial charge in [0.05, 0.1) is 18.9 Å². The van der Waals surface area contributed by atoms with E-state index in [4.69, 9.17) is 4.74 Å². The van der Waals surface area contributed by atoms with Crippen molar-refractivity contribution in [2.45, 2.75) is 13.8 Å². The average Bonchev–Trinajstić information content (AvgIpc) is 2.76. The van der Waals surface area contributed by atoms with E-state index in [1.807, 2.05) is 30.3 Å². The highest BCUT2D eigenvalue weighted by atomic mass is 16.5. The first-order valence-electron chi connectivity index (χ1n) is 10.00. The second kappa shape index (κ2) is 8.92. The monoisotopic (exact) mass is 403 g/mol. The zero-order valence-corrected chi connectivity index (χ0v) is 17.2. The van der Waals surface area contributed by atoms with E-state index >= 15 is 0 Å². The number of nitrogens with one attached hydrogen (secondary N) is 2. The molecule has 0 radical (unpaired) electrons. The maximum atomic E-state index is 11.2. The van der Waals surface area contributed by atoms with Crippen LogP contribution in [-0.2, 0) is 9.53 Å². The van der Waals surface area contributed by atoms with Crippen molar-refractivity contribution in [2.24, 2.45) is 0 Å². The van der Waals surface area contributed by atoms with Gasteiger partial charge in [-0.15, -0.1) is 0 Å². The summed E-state index contributed by atoms with van der Waals surface area (Å²) in [5.41, 5.74) is 5.83. The summed E-state index contributed by atoms with van der Waals surface area (Å²) < 4.78 is 5.44. The molecule has 3 aromatic rings. The first-order chi connectivity index (χ1) is 14.6. The van der Waals surface area contributed by atoms with Crippen LogP contribution in [0, 0.1) is 6.92 Å². The quantitative estimate of drug-likeness (QED) is 0.671. The van der Waals surface area contributed by atoms with Gasteiger partial charge in [0.15, 0.2) is 0 Å². The van der Waals surface area contributed by atoms with Crippen LogP contribution in [0.15, 0.2) is 54.7 Å². The number of aryl methyl sites for hydroxylation is 1. The predicted octanol–water partition coefficient (Wildman–Crippen LogP) is 3.99. The van der Waals surface area contributed by atoms with Crippen LogP contribution in [0.3, 0.4) is 0 Å². The Morgan fingerprint density at radius 1 is 1.07 bits per heavy atom. The lowest BCUT2D eigenvalue weighted by Crippen LogP contribution is -2.36. The van der Waals surface area contributed by atoms with Gasteiger partial charge >= 0.3 is 0 Å². The van der Waals surface area contributed by atoms with E-state index in [9.17, 15) is 4.79 Å². The molecule has 1 aromatic heterocycles. The van der Waals surface area contributed by atoms with Gasteiger partial charge in [-0.2, -0.15) is 0 Å². The lowest BCUT2D eigenvalue weighted by atomic mass is 10.1. The summed E-state index contributed by atoms with van der Waals surface area (Å²) in [6, 6.07) is 15.8. The first kappa shape index (κ1) is 19.8. The maximum Gasteiger partial charge on any atom is 0.227 e. The smallest absolute Gasteiger partial charge is 0.227 e. The highest BCUT2D eigenvalue weighted by Crippen LogP contribution is 2.26. The number of rotatable bonds is 5. The maximum absolute atomic E-state index is 11.2. The van der Waals surface area contributed by atoms with Crippen molar-refractivity contribution in [1.82, 2.24) is 9.97 Å². The summed E-state index contributed by atoms with van der Waals surface area (Å²) >= 11 is 0. The molecule has 7 nitrogen and oxygen atoms in total. The Hall–Kier alpha value is -3.45. The highest BCUT2D eigenvalue weighted by Gasteiger charge is 2.12. The number of anilines is 4. The van der Waals surface area contributed by atoms with Crippen molar-refractivity contribution in [1.29, 1.82) is 0 Å². The molecule has 1 saturated heterocycles. The van der Waals surface area contributed by atoms with E-state index < -0.39 is 0 Å². The Morgan fingerprint density at radius 2 is 1.83 bits per heavy atom. The zero-order chi connectivity index (χ0) is 20.9. The summed E-state index contributed by atoms with van der Waals surface area (Å²) in [6.45, 7) is 6.94. The van der Waals surface area contributed by atoms with Crippen molar-refractivity contribution in [3.63, 3.8) is 0 Å². The van der Waals surface area contributed by atoms with E-state index in [-0.39, 0.29) is 5.91 Å². The van der Waals surface area contributed by atoms with E-state index in [1.165, 1.54) is 12.6 Å². The van der Waals surface area contributed by atoms with Crippen molar-refractivity contribution in [2.75, 3.05) is 41.8 Å². The molecule has 0 aliphatic carbocycles. The van der Waals surface area contributed by atoms with Crippen molar-refractivity contribution in [3.05, 3.63) is 60.3 Å². The molecule has 1 fully saturated rings. The fourth-order valence-corrected chi connectivity index (χ4v) is 3.43. The largest absolute Gasteiger partial charge is 0.378 e. The molecule has 154 valence electrons. The highest BCUT2D eigenvalue weighted by molar-refractivity contribution is 5.88. The minimum Gasteiger partial charge on any atom is -0.378 e. The Balaban J connectivity index is 1.49. The first-order valence-corrected chi connectivity index (χ1v) is 10.00. The molecule has 0 bridgehead atoms. The molecular formula is C23H25N5O2. The molecule has 1 aliphatic heterocycles. The van der Waals surface area contributed by atoms with Crippen LogP contribution in [0.5, 0.6) is 0 Å². The Bertz CT molecular complexity index is 1030. The number of nitrogens with zero attached hydrogens (tertiary/aromatic N) is 3. The van der Waals surface area contributed by atoms with E-state index in [1.54, 1.807) is 6.20 Å². The molecule has 2 aromatic carbocycles. The molecule has 0 saturated carbocycles. The van der Waals surface area contributed by atoms with E-state index in [0.717, 1.165) is 54.5 Å². The number of morpholine rings is 1. The van der Waals surface area contributed by atoms with E-state index in [0.29, 0.717) is 5.95 Å². The lowest BCUT2D eigenvalue weighted by molar-refractivity contribution is -0.114. The number of aromatic nitrogens is 2. The summed E-state index contributed by atoms with van der Waals surface area (Å²) in [5, 5.41) is 6.10. The zero-order valence-electron chi connectivity index (χ0n) is 17.2. The molecular weight excluding hydrogens is 378 g/mol. The standard InChI is InChI=1S/C23H25N5O2/c1-16-15-20(28-11-13-30-14-12-28)7-8-21(16)26-23-24-10-9-22(27-23)18-3-5-19(6-4-18)25-17(2)29/h3-10,15H,11-14H2,1-2H3,(H,25,29)(H,24,26,27). The summed E-state index contributed by atoms with van der Waals surface area (Å²) in [5.74, 6) is 0.451. The molecule has 4 rings (SSSR count). The summed E-state index contributed by atoms with van der Waals surface area (Å²) in [4.78, 5) is 22.5. The average molecular weight is 403 g/mol. The van der Waals surface area contributed by atoms with E-state index in [2.05, 4.69) is 50.6 Å². The fraction of sp³-hybridized carbons (Fsp3) is 0.261. The topological polar surface area (TPSA) is 79.4 Å². The lowest BCUT2D eigenvalue weighted by Gasteiger charge is -2.29. The minimum atomic E-state index is -0.0914. The number of carbonyl (C=O) groups is 1. The second-order valence-corrected chi connectivity index (χ2v) is 7.25. The van der Waals surface area contributed by atoms with Gasteiger partial charge in [-0.25, -0.2) is 9.97 Å². The van der Waals surface area contributed by atoms with Crippen LogP contribution >= 0.6 is 0 Å². The summed E-state index contributed by atoms with van der Waals surface area (Å²) in [7, 11) is 0. The molecule has 0 unspecified atom stereocenters. The normalized spacial score (nSPS) is 13.7. The van der Waals surface area contributed by atoms with Gasteiger partial charge in [0.1, 0.15) is 0 Å². The van der Waals surface area contributed by atoms with Crippen LogP contribution in [0.25, 0.3) is 11.3 Å². The van der Waals surface area contributed by atoms with Gasteiger partial charge in [-0.05, 0) is 48.9 Å². The number of carbonyl (C=O) groups excluding carboxylic acids is 1. The Morgan fingerprint density at radius 3 is 2.53 bits per heavy atom. The van der Waals surface area contributed by atoms with Gasteiger partial charge in [0.2, 0.25) is 11.9 Å². The number of benzene rings is 2. The van der Waals surface area contributed by atoms with Crippen LogP contribution < -0.4 is 15.5 Å². The molecule has 0 atom stereocenters. The number of amides is 1.